The molecule has 8 rings (SSSR count). The van der Waals surface area contributed by atoms with Gasteiger partial charge in [0.05, 0.1) is 0 Å². The molecule has 0 amide bonds. The fourth-order valence-electron chi connectivity index (χ4n) is 7.24. The Kier molecular flexibility index (Phi) is 29.0. The van der Waals surface area contributed by atoms with E-state index in [1.54, 1.807) is 0 Å². The van der Waals surface area contributed by atoms with Gasteiger partial charge in [0, 0.05) is 51.7 Å². The molecular weight excluding hydrogens is 859 g/mol. The van der Waals surface area contributed by atoms with Gasteiger partial charge in [0.2, 0.25) is 0 Å². The molecule has 4 saturated carbocycles. The Balaban J connectivity index is 0.000000419. The van der Waals surface area contributed by atoms with Crippen LogP contribution in [0.4, 0.5) is 9.59 Å². The fraction of sp³-hybridized carbons (Fsp3) is 0.148. The molecule has 4 aliphatic carbocycles. The molecule has 0 heterocycles. The summed E-state index contributed by atoms with van der Waals surface area (Å²) in [5.41, 5.74) is -1.36. The van der Waals surface area contributed by atoms with Crippen molar-refractivity contribution in [2.75, 3.05) is 0 Å². The van der Waals surface area contributed by atoms with Crippen molar-refractivity contribution < 1.29 is 71.5 Å². The standard InChI is InChI=1S/2C17H20O2Si.4C5H5.2Sc/c2*1-17(2,3)20(16(18)19,14-10-6-4-7-11-14)15-12-8-5-9-13-15;4*1-2-4-5-3-1;;/h2*4-13H,1-3H3,(H,18,19);4*1-5H;;. The summed E-state index contributed by atoms with van der Waals surface area (Å²) in [7, 11) is -5.82. The van der Waals surface area contributed by atoms with Crippen LogP contribution in [-0.4, -0.2) is 37.5 Å². The topological polar surface area (TPSA) is 74.6 Å². The maximum Gasteiger partial charge on any atom is 0.280 e. The van der Waals surface area contributed by atoms with E-state index >= 15 is 0 Å². The van der Waals surface area contributed by atoms with Gasteiger partial charge in [0.15, 0.2) is 0 Å². The molecule has 0 spiro atoms. The smallest absolute Gasteiger partial charge is 0.280 e. The van der Waals surface area contributed by atoms with E-state index < -0.39 is 27.3 Å². The molecule has 314 valence electrons. The second-order valence-electron chi connectivity index (χ2n) is 15.9. The van der Waals surface area contributed by atoms with Gasteiger partial charge in [0.1, 0.15) is 0 Å². The molecular formula is C54H60O4Sc2Si2. The van der Waals surface area contributed by atoms with Crippen LogP contribution in [0.2, 0.25) is 10.1 Å². The van der Waals surface area contributed by atoms with Crippen molar-refractivity contribution >= 4 is 48.1 Å². The second-order valence-corrected chi connectivity index (χ2v) is 25.1. The predicted octanol–water partition coefficient (Wildman–Crippen LogP) is 10.7. The maximum absolute atomic E-state index is 12.3. The van der Waals surface area contributed by atoms with Crippen LogP contribution in [0.15, 0.2) is 121 Å². The second kappa shape index (κ2) is 31.0. The first-order valence-corrected chi connectivity index (χ1v) is 24.2. The molecule has 8 heteroatoms. The van der Waals surface area contributed by atoms with E-state index in [1.165, 1.54) is 0 Å². The minimum Gasteiger partial charge on any atom is -0.485 e. The summed E-state index contributed by atoms with van der Waals surface area (Å²) < 4.78 is 0. The van der Waals surface area contributed by atoms with Gasteiger partial charge in [0.25, 0.3) is 27.3 Å². The van der Waals surface area contributed by atoms with Crippen molar-refractivity contribution in [2.45, 2.75) is 51.6 Å². The maximum atomic E-state index is 12.3. The third kappa shape index (κ3) is 17.4. The Hall–Kier alpha value is -2.01. The summed E-state index contributed by atoms with van der Waals surface area (Å²) in [5, 5.41) is 23.4. The molecule has 0 bridgehead atoms. The average molecular weight is 919 g/mol. The first-order valence-electron chi connectivity index (χ1n) is 20.2. The van der Waals surface area contributed by atoms with Crippen LogP contribution < -0.4 is 20.7 Å². The van der Waals surface area contributed by atoms with Crippen LogP contribution in [0.3, 0.4) is 0 Å². The Morgan fingerprint density at radius 2 is 0.435 bits per heavy atom. The Bertz CT molecular complexity index is 1470. The van der Waals surface area contributed by atoms with Crippen LogP contribution in [0.1, 0.15) is 41.5 Å². The van der Waals surface area contributed by atoms with Crippen molar-refractivity contribution in [1.82, 2.24) is 0 Å². The molecule has 0 aromatic heterocycles. The minimum atomic E-state index is -2.91. The van der Waals surface area contributed by atoms with Crippen LogP contribution >= 0.6 is 0 Å². The number of carboxylic acid groups (broad SMARTS) is 2. The average Bonchev–Trinajstić information content (AvgIpc) is 4.10. The van der Waals surface area contributed by atoms with Gasteiger partial charge in [-0.3, -0.25) is 9.59 Å². The molecule has 4 aromatic carbocycles. The Labute approximate surface area is 417 Å². The van der Waals surface area contributed by atoms with Gasteiger partial charge < -0.3 is 10.2 Å². The summed E-state index contributed by atoms with van der Waals surface area (Å²) in [4.78, 5) is 24.7. The quantitative estimate of drug-likeness (QED) is 0.189. The predicted molar refractivity (Wildman–Crippen MR) is 257 cm³/mol. The van der Waals surface area contributed by atoms with Crippen LogP contribution in [0.5, 0.6) is 0 Å². The molecule has 4 aliphatic rings. The largest absolute Gasteiger partial charge is 0.485 e. The first-order chi connectivity index (χ1) is 28.8. The van der Waals surface area contributed by atoms with E-state index in [0.29, 0.717) is 0 Å². The van der Waals surface area contributed by atoms with Gasteiger partial charge >= 0.3 is 0 Å². The first kappa shape index (κ1) is 58.0. The van der Waals surface area contributed by atoms with Crippen molar-refractivity contribution in [1.29, 1.82) is 0 Å². The van der Waals surface area contributed by atoms with Gasteiger partial charge in [-0.1, -0.05) is 163 Å². The molecule has 22 radical (unpaired) electrons. The van der Waals surface area contributed by atoms with Crippen molar-refractivity contribution in [2.24, 2.45) is 0 Å². The van der Waals surface area contributed by atoms with E-state index in [2.05, 4.69) is 0 Å². The zero-order chi connectivity index (χ0) is 43.7. The van der Waals surface area contributed by atoms with Crippen LogP contribution in [-0.2, 0) is 51.7 Å². The summed E-state index contributed by atoms with van der Waals surface area (Å²) in [6.07, 6.45) is 40.0. The number of carbonyl (C=O) groups is 2. The van der Waals surface area contributed by atoms with Crippen molar-refractivity contribution in [3.8, 4) is 0 Å². The number of rotatable bonds is 6. The fourth-order valence-corrected chi connectivity index (χ4v) is 16.4. The normalized spacial score (nSPS) is 15.6. The van der Waals surface area contributed by atoms with Gasteiger partial charge in [-0.15, -0.1) is 0 Å². The zero-order valence-electron chi connectivity index (χ0n) is 37.0. The molecule has 0 aliphatic heterocycles. The Morgan fingerprint density at radius 3 is 0.532 bits per heavy atom. The molecule has 0 unspecified atom stereocenters. The zero-order valence-corrected chi connectivity index (χ0v) is 42.6. The van der Waals surface area contributed by atoms with E-state index in [1.807, 2.05) is 291 Å². The molecule has 0 atom stereocenters. The summed E-state index contributed by atoms with van der Waals surface area (Å²) in [6, 6.07) is 38.8. The van der Waals surface area contributed by atoms with Gasteiger partial charge in [-0.05, 0) is 159 Å². The number of hydrogen-bond donors (Lipinski definition) is 2. The molecule has 2 N–H and O–H groups in total. The van der Waals surface area contributed by atoms with Crippen molar-refractivity contribution in [3.05, 3.63) is 250 Å². The van der Waals surface area contributed by atoms with Crippen LogP contribution in [0.25, 0.3) is 0 Å². The van der Waals surface area contributed by atoms with Crippen LogP contribution in [0, 0.1) is 128 Å². The molecule has 0 saturated heterocycles. The number of benzene rings is 4. The van der Waals surface area contributed by atoms with E-state index in [-0.39, 0.29) is 61.8 Å². The summed E-state index contributed by atoms with van der Waals surface area (Å²) >= 11 is 0. The summed E-state index contributed by atoms with van der Waals surface area (Å²) in [6.45, 7) is 12.2. The van der Waals surface area contributed by atoms with E-state index in [0.717, 1.165) is 20.7 Å². The third-order valence-corrected chi connectivity index (χ3v) is 20.5. The molecule has 4 nitrogen and oxygen atoms in total. The van der Waals surface area contributed by atoms with E-state index in [4.69, 9.17) is 0 Å². The summed E-state index contributed by atoms with van der Waals surface area (Å²) in [5.74, 6) is 0. The third-order valence-electron chi connectivity index (χ3n) is 9.94. The molecule has 4 aromatic rings. The SMILES string of the molecule is CC(C)(C)[Si](C(=O)O)(c1ccccc1)c1ccccc1.CC(C)(C)[Si](C(=O)O)(c1ccccc1)c1ccccc1.[CH]1[CH][CH][CH][CH]1.[CH]1[CH][CH][CH][CH]1.[CH]1[CH][CH][CH][CH]1.[CH]1[CH][CH][CH][CH]1.[Sc].[Sc]. The molecule has 62 heavy (non-hydrogen) atoms. The van der Waals surface area contributed by atoms with Gasteiger partial charge in [-0.25, -0.2) is 0 Å². The van der Waals surface area contributed by atoms with Gasteiger partial charge in [-0.2, -0.15) is 0 Å². The minimum absolute atomic E-state index is 0. The van der Waals surface area contributed by atoms with E-state index in [9.17, 15) is 19.8 Å². The Morgan fingerprint density at radius 1 is 0.306 bits per heavy atom. The van der Waals surface area contributed by atoms with Crippen molar-refractivity contribution in [3.63, 3.8) is 0 Å². The number of hydrogen-bond acceptors (Lipinski definition) is 2. The monoisotopic (exact) mass is 918 g/mol. The molecule has 4 fully saturated rings.